The Labute approximate surface area is 92.5 Å². The smallest absolute Gasteiger partial charge is 0.223 e. The van der Waals surface area contributed by atoms with Crippen LogP contribution in [-0.4, -0.2) is 35.4 Å². The first-order chi connectivity index (χ1) is 7.30. The molecule has 2 aliphatic heterocycles. The highest BCUT2D eigenvalue weighted by Gasteiger charge is 2.45. The molecule has 0 amide bonds. The zero-order chi connectivity index (χ0) is 10.3. The Bertz CT molecular complexity index is 355. The topological polar surface area (TPSA) is 45.6 Å². The number of thiazole rings is 1. The van der Waals surface area contributed by atoms with Crippen molar-refractivity contribution in [1.29, 1.82) is 0 Å². The van der Waals surface area contributed by atoms with E-state index in [4.69, 9.17) is 4.74 Å². The van der Waals surface area contributed by atoms with Crippen molar-refractivity contribution in [3.8, 4) is 5.88 Å². The summed E-state index contributed by atoms with van der Waals surface area (Å²) in [5.41, 5.74) is 0.171. The minimum absolute atomic E-state index is 0.135. The molecular formula is C10H14N2O2S. The van der Waals surface area contributed by atoms with Crippen molar-refractivity contribution < 1.29 is 9.84 Å². The second-order valence-corrected chi connectivity index (χ2v) is 5.11. The number of ether oxygens (including phenoxy) is 1. The summed E-state index contributed by atoms with van der Waals surface area (Å²) in [6.45, 7) is 2.71. The molecule has 2 aliphatic rings. The number of anilines is 1. The van der Waals surface area contributed by atoms with E-state index in [-0.39, 0.29) is 11.4 Å². The molecule has 3 heterocycles. The SMILES string of the molecule is Oc1csc(N2CCCC23CCOC3)n1. The summed E-state index contributed by atoms with van der Waals surface area (Å²) >= 11 is 1.52. The van der Waals surface area contributed by atoms with Crippen molar-refractivity contribution in [2.75, 3.05) is 24.7 Å². The lowest BCUT2D eigenvalue weighted by Crippen LogP contribution is -2.44. The molecule has 82 valence electrons. The maximum Gasteiger partial charge on any atom is 0.223 e. The summed E-state index contributed by atoms with van der Waals surface area (Å²) in [5, 5.41) is 11.9. The van der Waals surface area contributed by atoms with Crippen molar-refractivity contribution in [2.45, 2.75) is 24.8 Å². The van der Waals surface area contributed by atoms with E-state index in [0.29, 0.717) is 0 Å². The maximum absolute atomic E-state index is 9.29. The Morgan fingerprint density at radius 3 is 3.13 bits per heavy atom. The van der Waals surface area contributed by atoms with Crippen LogP contribution in [0.5, 0.6) is 5.88 Å². The second kappa shape index (κ2) is 3.35. The van der Waals surface area contributed by atoms with E-state index in [9.17, 15) is 5.11 Å². The van der Waals surface area contributed by atoms with Crippen molar-refractivity contribution in [3.63, 3.8) is 0 Å². The number of hydrogen-bond donors (Lipinski definition) is 1. The van der Waals surface area contributed by atoms with Crippen molar-refractivity contribution in [2.24, 2.45) is 0 Å². The van der Waals surface area contributed by atoms with Crippen LogP contribution in [-0.2, 0) is 4.74 Å². The monoisotopic (exact) mass is 226 g/mol. The fourth-order valence-corrected chi connectivity index (χ4v) is 3.45. The van der Waals surface area contributed by atoms with Gasteiger partial charge in [0.15, 0.2) is 5.13 Å². The van der Waals surface area contributed by atoms with Crippen LogP contribution in [0.2, 0.25) is 0 Å². The molecule has 1 aromatic heterocycles. The highest BCUT2D eigenvalue weighted by atomic mass is 32.1. The molecule has 0 saturated carbocycles. The lowest BCUT2D eigenvalue weighted by atomic mass is 9.96. The lowest BCUT2D eigenvalue weighted by molar-refractivity contribution is 0.178. The Balaban J connectivity index is 1.91. The Morgan fingerprint density at radius 2 is 2.47 bits per heavy atom. The zero-order valence-electron chi connectivity index (χ0n) is 8.48. The quantitative estimate of drug-likeness (QED) is 0.790. The van der Waals surface area contributed by atoms with Crippen LogP contribution in [0.4, 0.5) is 5.13 Å². The number of aromatic hydroxyl groups is 1. The number of rotatable bonds is 1. The van der Waals surface area contributed by atoms with Gasteiger partial charge in [-0.1, -0.05) is 0 Å². The van der Waals surface area contributed by atoms with E-state index in [1.54, 1.807) is 5.38 Å². The molecule has 5 heteroatoms. The van der Waals surface area contributed by atoms with Crippen LogP contribution in [0.25, 0.3) is 0 Å². The van der Waals surface area contributed by atoms with E-state index >= 15 is 0 Å². The fourth-order valence-electron chi connectivity index (χ4n) is 2.62. The van der Waals surface area contributed by atoms with Crippen molar-refractivity contribution in [1.82, 2.24) is 4.98 Å². The third-order valence-electron chi connectivity index (χ3n) is 3.39. The maximum atomic E-state index is 9.29. The van der Waals surface area contributed by atoms with Crippen molar-refractivity contribution >= 4 is 16.5 Å². The molecule has 0 bridgehead atoms. The predicted molar refractivity (Wildman–Crippen MR) is 58.5 cm³/mol. The molecule has 0 aromatic carbocycles. The van der Waals surface area contributed by atoms with E-state index in [1.165, 1.54) is 24.2 Å². The summed E-state index contributed by atoms with van der Waals surface area (Å²) in [6.07, 6.45) is 3.48. The summed E-state index contributed by atoms with van der Waals surface area (Å²) in [4.78, 5) is 6.48. The molecule has 2 fully saturated rings. The molecule has 0 aliphatic carbocycles. The van der Waals surface area contributed by atoms with Gasteiger partial charge < -0.3 is 14.7 Å². The van der Waals surface area contributed by atoms with Crippen LogP contribution < -0.4 is 4.90 Å². The third-order valence-corrected chi connectivity index (χ3v) is 4.24. The molecule has 2 saturated heterocycles. The number of hydrogen-bond acceptors (Lipinski definition) is 5. The first kappa shape index (κ1) is 9.42. The van der Waals surface area contributed by atoms with Gasteiger partial charge in [-0.25, -0.2) is 0 Å². The fraction of sp³-hybridized carbons (Fsp3) is 0.700. The lowest BCUT2D eigenvalue weighted by Gasteiger charge is -2.33. The molecule has 0 radical (unpaired) electrons. The van der Waals surface area contributed by atoms with Crippen LogP contribution in [0.15, 0.2) is 5.38 Å². The van der Waals surface area contributed by atoms with Gasteiger partial charge in [0.05, 0.1) is 17.5 Å². The Kier molecular flexibility index (Phi) is 2.10. The van der Waals surface area contributed by atoms with Crippen LogP contribution in [0.1, 0.15) is 19.3 Å². The molecule has 1 atom stereocenters. The molecule has 3 rings (SSSR count). The van der Waals surface area contributed by atoms with E-state index < -0.39 is 0 Å². The van der Waals surface area contributed by atoms with E-state index in [2.05, 4.69) is 9.88 Å². The summed E-state index contributed by atoms with van der Waals surface area (Å²) in [5.74, 6) is 0.135. The van der Waals surface area contributed by atoms with Gasteiger partial charge in [0.2, 0.25) is 5.88 Å². The minimum atomic E-state index is 0.135. The van der Waals surface area contributed by atoms with Gasteiger partial charge in [-0.3, -0.25) is 0 Å². The third kappa shape index (κ3) is 1.41. The Hall–Kier alpha value is -0.810. The summed E-state index contributed by atoms with van der Waals surface area (Å²) in [6, 6.07) is 0. The normalized spacial score (nSPS) is 30.5. The molecule has 1 N–H and O–H groups in total. The largest absolute Gasteiger partial charge is 0.493 e. The van der Waals surface area contributed by atoms with Gasteiger partial charge in [-0.05, 0) is 19.3 Å². The molecule has 1 unspecified atom stereocenters. The van der Waals surface area contributed by atoms with Gasteiger partial charge in [-0.15, -0.1) is 11.3 Å². The van der Waals surface area contributed by atoms with Crippen LogP contribution >= 0.6 is 11.3 Å². The standard InChI is InChI=1S/C10H14N2O2S/c13-8-6-15-9(11-8)12-4-1-2-10(12)3-5-14-7-10/h6,13H,1-5,7H2. The Morgan fingerprint density at radius 1 is 1.53 bits per heavy atom. The number of aromatic nitrogens is 1. The van der Waals surface area contributed by atoms with Gasteiger partial charge in [0.25, 0.3) is 0 Å². The first-order valence-electron chi connectivity index (χ1n) is 5.30. The van der Waals surface area contributed by atoms with Gasteiger partial charge in [0, 0.05) is 13.2 Å². The second-order valence-electron chi connectivity index (χ2n) is 4.27. The van der Waals surface area contributed by atoms with Crippen molar-refractivity contribution in [3.05, 3.63) is 5.38 Å². The van der Waals surface area contributed by atoms with Gasteiger partial charge >= 0.3 is 0 Å². The molecule has 4 nitrogen and oxygen atoms in total. The molecule has 15 heavy (non-hydrogen) atoms. The minimum Gasteiger partial charge on any atom is -0.493 e. The summed E-state index contributed by atoms with van der Waals surface area (Å²) < 4.78 is 5.51. The average molecular weight is 226 g/mol. The van der Waals surface area contributed by atoms with Crippen LogP contribution in [0, 0.1) is 0 Å². The van der Waals surface area contributed by atoms with Gasteiger partial charge in [0.1, 0.15) is 0 Å². The van der Waals surface area contributed by atoms with E-state index in [1.807, 2.05) is 0 Å². The first-order valence-corrected chi connectivity index (χ1v) is 6.18. The highest BCUT2D eigenvalue weighted by Crippen LogP contribution is 2.41. The summed E-state index contributed by atoms with van der Waals surface area (Å²) in [7, 11) is 0. The molecule has 1 spiro atoms. The highest BCUT2D eigenvalue weighted by molar-refractivity contribution is 7.13. The molecule has 1 aromatic rings. The molecular weight excluding hydrogens is 212 g/mol. The predicted octanol–water partition coefficient (Wildman–Crippen LogP) is 1.61. The zero-order valence-corrected chi connectivity index (χ0v) is 9.29. The number of nitrogens with zero attached hydrogens (tertiary/aromatic N) is 2. The van der Waals surface area contributed by atoms with Crippen LogP contribution in [0.3, 0.4) is 0 Å². The van der Waals surface area contributed by atoms with E-state index in [0.717, 1.165) is 31.3 Å². The average Bonchev–Trinajstić information content (AvgIpc) is 2.90. The van der Waals surface area contributed by atoms with Gasteiger partial charge in [-0.2, -0.15) is 4.98 Å².